The van der Waals surface area contributed by atoms with E-state index in [1.807, 2.05) is 4.90 Å². The fraction of sp³-hybridized carbons (Fsp3) is 0.600. The average Bonchev–Trinajstić information content (AvgIpc) is 2.68. The number of halogens is 2. The van der Waals surface area contributed by atoms with Crippen molar-refractivity contribution in [2.75, 3.05) is 32.4 Å². The highest BCUT2D eigenvalue weighted by Gasteiger charge is 2.22. The second-order valence-electron chi connectivity index (χ2n) is 6.76. The monoisotopic (exact) mass is 522 g/mol. The lowest BCUT2D eigenvalue weighted by atomic mass is 10.0. The third-order valence-corrected chi connectivity index (χ3v) is 5.77. The number of benzene rings is 1. The molecule has 0 radical (unpaired) electrons. The van der Waals surface area contributed by atoms with Crippen molar-refractivity contribution in [1.82, 2.24) is 15.5 Å². The van der Waals surface area contributed by atoms with Crippen LogP contribution in [0.3, 0.4) is 0 Å². The molecule has 0 aliphatic carbocycles. The predicted octanol–water partition coefficient (Wildman–Crippen LogP) is 3.88. The van der Waals surface area contributed by atoms with Crippen molar-refractivity contribution in [2.45, 2.75) is 50.0 Å². The molecule has 1 fully saturated rings. The molecule has 1 atom stereocenters. The summed E-state index contributed by atoms with van der Waals surface area (Å²) >= 11 is 1.71. The van der Waals surface area contributed by atoms with Gasteiger partial charge in [0, 0.05) is 44.0 Å². The predicted molar refractivity (Wildman–Crippen MR) is 126 cm³/mol. The Morgan fingerprint density at radius 3 is 2.64 bits per heavy atom. The first kappa shape index (κ1) is 25.0. The van der Waals surface area contributed by atoms with E-state index in [0.717, 1.165) is 49.0 Å². The third kappa shape index (κ3) is 8.98. The van der Waals surface area contributed by atoms with Crippen LogP contribution in [-0.2, 0) is 4.79 Å². The summed E-state index contributed by atoms with van der Waals surface area (Å²) < 4.78 is 12.9. The minimum atomic E-state index is -0.205. The SMILES string of the molecule is CN=C(NCCCSc1ccc(F)cc1)NCCC(=O)N1CCCCC1C.I. The maximum Gasteiger partial charge on any atom is 0.224 e. The molecule has 0 bridgehead atoms. The highest BCUT2D eigenvalue weighted by Crippen LogP contribution is 2.18. The highest BCUT2D eigenvalue weighted by atomic mass is 127. The number of nitrogens with zero attached hydrogens (tertiary/aromatic N) is 2. The lowest BCUT2D eigenvalue weighted by molar-refractivity contribution is -0.134. The van der Waals surface area contributed by atoms with E-state index in [2.05, 4.69) is 22.5 Å². The van der Waals surface area contributed by atoms with Gasteiger partial charge in [-0.3, -0.25) is 9.79 Å². The van der Waals surface area contributed by atoms with E-state index in [0.29, 0.717) is 19.0 Å². The lowest BCUT2D eigenvalue weighted by Gasteiger charge is -2.33. The van der Waals surface area contributed by atoms with E-state index in [1.54, 1.807) is 30.9 Å². The molecule has 0 saturated carbocycles. The maximum atomic E-state index is 12.9. The Morgan fingerprint density at radius 2 is 1.96 bits per heavy atom. The molecule has 5 nitrogen and oxygen atoms in total. The summed E-state index contributed by atoms with van der Waals surface area (Å²) in [4.78, 5) is 19.6. The van der Waals surface area contributed by atoms with Crippen LogP contribution in [0.4, 0.5) is 4.39 Å². The Morgan fingerprint density at radius 1 is 1.25 bits per heavy atom. The van der Waals surface area contributed by atoms with Crippen LogP contribution in [0.5, 0.6) is 0 Å². The zero-order chi connectivity index (χ0) is 19.5. The van der Waals surface area contributed by atoms with Crippen molar-refractivity contribution in [3.05, 3.63) is 30.1 Å². The molecular formula is C20H32FIN4OS. The van der Waals surface area contributed by atoms with Gasteiger partial charge in [0.25, 0.3) is 0 Å². The first-order valence-corrected chi connectivity index (χ1v) is 10.7. The van der Waals surface area contributed by atoms with Gasteiger partial charge in [-0.2, -0.15) is 0 Å². The Bertz CT molecular complexity index is 615. The van der Waals surface area contributed by atoms with Gasteiger partial charge in [-0.15, -0.1) is 35.7 Å². The summed E-state index contributed by atoms with van der Waals surface area (Å²) in [7, 11) is 1.73. The molecule has 1 aromatic carbocycles. The van der Waals surface area contributed by atoms with Crippen molar-refractivity contribution in [3.63, 3.8) is 0 Å². The second kappa shape index (κ2) is 14.0. The number of nitrogens with one attached hydrogen (secondary N) is 2. The smallest absolute Gasteiger partial charge is 0.224 e. The zero-order valence-electron chi connectivity index (χ0n) is 16.7. The van der Waals surface area contributed by atoms with Crippen molar-refractivity contribution >= 4 is 47.6 Å². The van der Waals surface area contributed by atoms with E-state index in [9.17, 15) is 9.18 Å². The number of aliphatic imine (C=N–C) groups is 1. The van der Waals surface area contributed by atoms with E-state index >= 15 is 0 Å². The molecule has 28 heavy (non-hydrogen) atoms. The number of carbonyl (C=O) groups is 1. The fourth-order valence-corrected chi connectivity index (χ4v) is 3.97. The van der Waals surface area contributed by atoms with Gasteiger partial charge in [0.1, 0.15) is 5.82 Å². The average molecular weight is 522 g/mol. The van der Waals surface area contributed by atoms with Crippen LogP contribution in [0, 0.1) is 5.82 Å². The Balaban J connectivity index is 0.00000392. The first-order chi connectivity index (χ1) is 13.1. The highest BCUT2D eigenvalue weighted by molar-refractivity contribution is 14.0. The van der Waals surface area contributed by atoms with Gasteiger partial charge in [0.05, 0.1) is 0 Å². The number of rotatable bonds is 8. The summed E-state index contributed by atoms with van der Waals surface area (Å²) in [5.74, 6) is 1.69. The van der Waals surface area contributed by atoms with Crippen LogP contribution in [0.2, 0.25) is 0 Å². The van der Waals surface area contributed by atoms with E-state index in [4.69, 9.17) is 0 Å². The molecule has 0 aromatic heterocycles. The Labute approximate surface area is 189 Å². The molecule has 1 aromatic rings. The topological polar surface area (TPSA) is 56.7 Å². The fourth-order valence-electron chi connectivity index (χ4n) is 3.12. The van der Waals surface area contributed by atoms with Crippen LogP contribution < -0.4 is 10.6 Å². The molecule has 1 unspecified atom stereocenters. The first-order valence-electron chi connectivity index (χ1n) is 9.72. The normalized spacial score (nSPS) is 17.0. The number of hydrogen-bond donors (Lipinski definition) is 2. The van der Waals surface area contributed by atoms with Crippen molar-refractivity contribution in [3.8, 4) is 0 Å². The molecule has 1 amide bonds. The van der Waals surface area contributed by atoms with Gasteiger partial charge < -0.3 is 15.5 Å². The maximum absolute atomic E-state index is 12.9. The molecule has 1 aliphatic heterocycles. The van der Waals surface area contributed by atoms with Gasteiger partial charge >= 0.3 is 0 Å². The van der Waals surface area contributed by atoms with Crippen LogP contribution >= 0.6 is 35.7 Å². The molecule has 2 N–H and O–H groups in total. The van der Waals surface area contributed by atoms with E-state index < -0.39 is 0 Å². The van der Waals surface area contributed by atoms with Crippen molar-refractivity contribution in [1.29, 1.82) is 0 Å². The van der Waals surface area contributed by atoms with Gasteiger partial charge in [-0.1, -0.05) is 0 Å². The summed E-state index contributed by atoms with van der Waals surface area (Å²) in [6, 6.07) is 6.93. The molecule has 1 heterocycles. The van der Waals surface area contributed by atoms with Gasteiger partial charge in [-0.25, -0.2) is 4.39 Å². The summed E-state index contributed by atoms with van der Waals surface area (Å²) in [6.45, 7) is 4.41. The summed E-state index contributed by atoms with van der Waals surface area (Å²) in [5, 5.41) is 6.48. The van der Waals surface area contributed by atoms with Crippen LogP contribution in [-0.4, -0.2) is 55.2 Å². The molecule has 8 heteroatoms. The van der Waals surface area contributed by atoms with Gasteiger partial charge in [0.2, 0.25) is 5.91 Å². The molecular weight excluding hydrogens is 490 g/mol. The van der Waals surface area contributed by atoms with Gasteiger partial charge in [0.15, 0.2) is 5.96 Å². The minimum Gasteiger partial charge on any atom is -0.356 e. The molecule has 2 rings (SSSR count). The number of carbonyl (C=O) groups excluding carboxylic acids is 1. The molecule has 0 spiro atoms. The number of thioether (sulfide) groups is 1. The molecule has 1 saturated heterocycles. The van der Waals surface area contributed by atoms with Gasteiger partial charge in [-0.05, 0) is 62.6 Å². The Kier molecular flexibility index (Phi) is 12.5. The molecule has 158 valence electrons. The van der Waals surface area contributed by atoms with Crippen molar-refractivity contribution < 1.29 is 9.18 Å². The zero-order valence-corrected chi connectivity index (χ0v) is 19.9. The quantitative estimate of drug-likeness (QED) is 0.179. The van der Waals surface area contributed by atoms with E-state index in [1.165, 1.54) is 18.6 Å². The number of guanidine groups is 1. The van der Waals surface area contributed by atoms with Crippen LogP contribution in [0.1, 0.15) is 39.0 Å². The van der Waals surface area contributed by atoms with Crippen LogP contribution in [0.25, 0.3) is 0 Å². The number of amides is 1. The lowest BCUT2D eigenvalue weighted by Crippen LogP contribution is -2.44. The summed E-state index contributed by atoms with van der Waals surface area (Å²) in [5.41, 5.74) is 0. The number of piperidine rings is 1. The van der Waals surface area contributed by atoms with Crippen molar-refractivity contribution in [2.24, 2.45) is 4.99 Å². The number of hydrogen-bond acceptors (Lipinski definition) is 3. The van der Waals surface area contributed by atoms with E-state index in [-0.39, 0.29) is 35.7 Å². The largest absolute Gasteiger partial charge is 0.356 e. The Hall–Kier alpha value is -1.03. The molecule has 1 aliphatic rings. The summed E-state index contributed by atoms with van der Waals surface area (Å²) in [6.07, 6.45) is 4.90. The van der Waals surface area contributed by atoms with Crippen LogP contribution in [0.15, 0.2) is 34.2 Å². The second-order valence-corrected chi connectivity index (χ2v) is 7.93. The number of likely N-dealkylation sites (tertiary alicyclic amines) is 1. The third-order valence-electron chi connectivity index (χ3n) is 4.67. The standard InChI is InChI=1S/C20H31FN4OS.HI/c1-16-6-3-4-14-25(16)19(26)11-13-24-20(22-2)23-12-5-15-27-18-9-7-17(21)8-10-18;/h7-10,16H,3-6,11-15H2,1-2H3,(H2,22,23,24);1H. The minimum absolute atomic E-state index is 0.